The molecule has 9 nitrogen and oxygen atoms in total. The van der Waals surface area contributed by atoms with Gasteiger partial charge in [-0.2, -0.15) is 0 Å². The van der Waals surface area contributed by atoms with Gasteiger partial charge in [-0.15, -0.1) is 0 Å². The number of carbonyl (C=O) groups is 3. The van der Waals surface area contributed by atoms with Crippen molar-refractivity contribution in [2.75, 3.05) is 0 Å². The molecule has 2 N–H and O–H groups in total. The van der Waals surface area contributed by atoms with Crippen molar-refractivity contribution < 1.29 is 43.5 Å². The molecular weight excluding hydrogens is 564 g/mol. The number of aliphatic hydroxyl groups excluding tert-OH is 1. The molecule has 0 amide bonds. The van der Waals surface area contributed by atoms with Crippen molar-refractivity contribution in [2.45, 2.75) is 166 Å². The first-order valence-electron chi connectivity index (χ1n) is 17.3. The van der Waals surface area contributed by atoms with E-state index in [-0.39, 0.29) is 12.4 Å². The maximum Gasteiger partial charge on any atom is 0.313 e. The van der Waals surface area contributed by atoms with Gasteiger partial charge in [-0.1, -0.05) is 103 Å². The molecule has 0 aromatic rings. The summed E-state index contributed by atoms with van der Waals surface area (Å²) in [5.41, 5.74) is -3.99. The zero-order chi connectivity index (χ0) is 31.9. The quantitative estimate of drug-likeness (QED) is 0.0730. The van der Waals surface area contributed by atoms with Gasteiger partial charge in [-0.05, 0) is 20.3 Å². The van der Waals surface area contributed by atoms with Crippen LogP contribution in [0.3, 0.4) is 0 Å². The second-order valence-corrected chi connectivity index (χ2v) is 14.5. The molecule has 2 bridgehead atoms. The van der Waals surface area contributed by atoms with Crippen LogP contribution in [-0.4, -0.2) is 69.8 Å². The van der Waals surface area contributed by atoms with E-state index in [9.17, 15) is 24.6 Å². The Morgan fingerprint density at radius 3 is 2.11 bits per heavy atom. The Hall–Kier alpha value is -1.97. The highest BCUT2D eigenvalue weighted by Crippen LogP contribution is 2.75. The van der Waals surface area contributed by atoms with Gasteiger partial charge in [-0.3, -0.25) is 14.4 Å². The second kappa shape index (κ2) is 13.0. The van der Waals surface area contributed by atoms with E-state index < -0.39 is 76.8 Å². The molecule has 3 aliphatic heterocycles. The first-order valence-corrected chi connectivity index (χ1v) is 17.3. The largest absolute Gasteiger partial charge is 0.462 e. The molecular formula is C35H54O9. The molecule has 3 heterocycles. The fourth-order valence-corrected chi connectivity index (χ4v) is 9.14. The Morgan fingerprint density at radius 1 is 0.977 bits per heavy atom. The molecule has 248 valence electrons. The van der Waals surface area contributed by atoms with Gasteiger partial charge in [0, 0.05) is 18.8 Å². The SMILES string of the molecule is C=C(C)C1C2OC(=O)C1C1(O)C3OC3C3(CC(C(C)OC(=O)CCCCCCCCCCCCCCC)C(=O)O3)C1(C)C2O. The Bertz CT molecular complexity index is 1110. The first kappa shape index (κ1) is 33.4. The Balaban J connectivity index is 1.09. The molecule has 3 saturated heterocycles. The molecule has 44 heavy (non-hydrogen) atoms. The van der Waals surface area contributed by atoms with E-state index in [0.717, 1.165) is 19.3 Å². The average Bonchev–Trinajstić information content (AvgIpc) is 3.57. The number of unbranched alkanes of at least 4 members (excludes halogenated alkanes) is 12. The van der Waals surface area contributed by atoms with Gasteiger partial charge in [0.25, 0.3) is 0 Å². The van der Waals surface area contributed by atoms with Crippen LogP contribution in [-0.2, 0) is 33.3 Å². The minimum Gasteiger partial charge on any atom is -0.462 e. The maximum absolute atomic E-state index is 13.3. The predicted molar refractivity (Wildman–Crippen MR) is 162 cm³/mol. The number of hydrogen-bond donors (Lipinski definition) is 2. The summed E-state index contributed by atoms with van der Waals surface area (Å²) >= 11 is 0. The van der Waals surface area contributed by atoms with Crippen LogP contribution in [0, 0.1) is 23.2 Å². The lowest BCUT2D eigenvalue weighted by Gasteiger charge is -2.57. The lowest BCUT2D eigenvalue weighted by atomic mass is 9.50. The van der Waals surface area contributed by atoms with Crippen LogP contribution in [0.15, 0.2) is 12.2 Å². The smallest absolute Gasteiger partial charge is 0.313 e. The van der Waals surface area contributed by atoms with Crippen LogP contribution in [0.1, 0.15) is 124 Å². The highest BCUT2D eigenvalue weighted by molar-refractivity contribution is 5.82. The number of fused-ring (bicyclic) bond motifs is 8. The average molecular weight is 619 g/mol. The van der Waals surface area contributed by atoms with Crippen LogP contribution in [0.4, 0.5) is 0 Å². The summed E-state index contributed by atoms with van der Waals surface area (Å²) in [6.45, 7) is 11.3. The predicted octanol–water partition coefficient (Wildman–Crippen LogP) is 5.33. The molecule has 5 fully saturated rings. The molecule has 5 rings (SSSR count). The summed E-state index contributed by atoms with van der Waals surface area (Å²) in [5, 5.41) is 23.9. The van der Waals surface area contributed by atoms with Gasteiger partial charge in [0.2, 0.25) is 0 Å². The van der Waals surface area contributed by atoms with E-state index >= 15 is 0 Å². The molecule has 11 atom stereocenters. The minimum absolute atomic E-state index is 0.0986. The monoisotopic (exact) mass is 618 g/mol. The van der Waals surface area contributed by atoms with Crippen molar-refractivity contribution in [2.24, 2.45) is 23.2 Å². The Labute approximate surface area is 262 Å². The fourth-order valence-electron chi connectivity index (χ4n) is 9.14. The molecule has 11 unspecified atom stereocenters. The molecule has 2 saturated carbocycles. The van der Waals surface area contributed by atoms with E-state index in [0.29, 0.717) is 12.0 Å². The second-order valence-electron chi connectivity index (χ2n) is 14.5. The molecule has 0 aromatic carbocycles. The zero-order valence-corrected chi connectivity index (χ0v) is 27.2. The summed E-state index contributed by atoms with van der Waals surface area (Å²) in [7, 11) is 0. The third-order valence-corrected chi connectivity index (χ3v) is 11.7. The molecule has 2 aliphatic carbocycles. The standard InChI is InChI=1S/C35H54O9/c1-6-7-8-9-10-11-12-13-14-15-16-17-18-19-24(36)41-22(4)23-20-34(44-31(23)38)29-30(43-29)35(40)26-25(21(2)3)27(42-32(26)39)28(37)33(34,35)5/h22-23,25-30,37,40H,2,6-20H2,1,3-5H3. The Kier molecular flexibility index (Phi) is 9.89. The summed E-state index contributed by atoms with van der Waals surface area (Å²) in [5.74, 6) is -3.84. The van der Waals surface area contributed by atoms with Gasteiger partial charge in [0.15, 0.2) is 5.60 Å². The van der Waals surface area contributed by atoms with E-state index in [1.807, 2.05) is 0 Å². The van der Waals surface area contributed by atoms with Crippen molar-refractivity contribution in [3.63, 3.8) is 0 Å². The van der Waals surface area contributed by atoms with Crippen molar-refractivity contribution in [1.82, 2.24) is 0 Å². The van der Waals surface area contributed by atoms with E-state index in [4.69, 9.17) is 18.9 Å². The third kappa shape index (κ3) is 5.32. The number of aliphatic hydroxyl groups is 2. The number of ether oxygens (including phenoxy) is 4. The van der Waals surface area contributed by atoms with Gasteiger partial charge >= 0.3 is 17.9 Å². The van der Waals surface area contributed by atoms with Crippen LogP contribution < -0.4 is 0 Å². The summed E-state index contributed by atoms with van der Waals surface area (Å²) < 4.78 is 23.3. The highest BCUT2D eigenvalue weighted by atomic mass is 16.7. The van der Waals surface area contributed by atoms with Crippen molar-refractivity contribution in [3.05, 3.63) is 12.2 Å². The van der Waals surface area contributed by atoms with E-state index in [1.54, 1.807) is 20.8 Å². The van der Waals surface area contributed by atoms with Crippen LogP contribution in [0.2, 0.25) is 0 Å². The van der Waals surface area contributed by atoms with Gasteiger partial charge in [0.1, 0.15) is 36.1 Å². The topological polar surface area (TPSA) is 132 Å². The molecule has 0 aromatic heterocycles. The van der Waals surface area contributed by atoms with Crippen molar-refractivity contribution >= 4 is 17.9 Å². The lowest BCUT2D eigenvalue weighted by molar-refractivity contribution is -0.272. The van der Waals surface area contributed by atoms with Crippen molar-refractivity contribution in [1.29, 1.82) is 0 Å². The summed E-state index contributed by atoms with van der Waals surface area (Å²) in [6, 6.07) is 0. The normalized spacial score (nSPS) is 40.4. The van der Waals surface area contributed by atoms with Crippen LogP contribution >= 0.6 is 0 Å². The number of rotatable bonds is 17. The van der Waals surface area contributed by atoms with E-state index in [1.165, 1.54) is 64.2 Å². The van der Waals surface area contributed by atoms with Gasteiger partial charge in [-0.25, -0.2) is 0 Å². The van der Waals surface area contributed by atoms with Crippen LogP contribution in [0.25, 0.3) is 0 Å². The Morgan fingerprint density at radius 2 is 1.55 bits per heavy atom. The number of carbonyl (C=O) groups excluding carboxylic acids is 3. The number of esters is 3. The van der Waals surface area contributed by atoms with E-state index in [2.05, 4.69) is 13.5 Å². The number of hydrogen-bond acceptors (Lipinski definition) is 9. The fraction of sp³-hybridized carbons (Fsp3) is 0.857. The van der Waals surface area contributed by atoms with Crippen LogP contribution in [0.5, 0.6) is 0 Å². The first-order chi connectivity index (χ1) is 21.0. The maximum atomic E-state index is 13.3. The van der Waals surface area contributed by atoms with Gasteiger partial charge < -0.3 is 29.2 Å². The third-order valence-electron chi connectivity index (χ3n) is 11.7. The summed E-state index contributed by atoms with van der Waals surface area (Å²) in [6.07, 6.45) is 11.9. The molecule has 1 spiro atoms. The van der Waals surface area contributed by atoms with Crippen molar-refractivity contribution in [3.8, 4) is 0 Å². The molecule has 0 radical (unpaired) electrons. The minimum atomic E-state index is -1.81. The number of epoxide rings is 1. The molecule has 9 heteroatoms. The molecule has 5 aliphatic rings. The summed E-state index contributed by atoms with van der Waals surface area (Å²) in [4.78, 5) is 39.0. The van der Waals surface area contributed by atoms with Gasteiger partial charge in [0.05, 0.1) is 17.3 Å². The zero-order valence-electron chi connectivity index (χ0n) is 27.2. The lowest BCUT2D eigenvalue weighted by Crippen LogP contribution is -2.72. The highest BCUT2D eigenvalue weighted by Gasteiger charge is 2.93.